The molecule has 0 bridgehead atoms. The molecular weight excluding hydrogens is 554 g/mol. The van der Waals surface area contributed by atoms with E-state index in [1.165, 1.54) is 5.56 Å². The van der Waals surface area contributed by atoms with E-state index in [2.05, 4.69) is 82.7 Å². The molecule has 0 fully saturated rings. The maximum absolute atomic E-state index is 4.97. The third kappa shape index (κ3) is 7.77. The van der Waals surface area contributed by atoms with Gasteiger partial charge < -0.3 is 0 Å². The highest BCUT2D eigenvalue weighted by molar-refractivity contribution is 5.99. The van der Waals surface area contributed by atoms with E-state index in [1.54, 1.807) is 6.20 Å². The van der Waals surface area contributed by atoms with Crippen LogP contribution in [0.4, 0.5) is 0 Å². The molecule has 0 saturated carbocycles. The van der Waals surface area contributed by atoms with Crippen LogP contribution in [0.1, 0.15) is 49.0 Å². The lowest BCUT2D eigenvalue weighted by Crippen LogP contribution is -2.01. The van der Waals surface area contributed by atoms with Gasteiger partial charge in [0, 0.05) is 24.8 Å². The Morgan fingerprint density at radius 2 is 1.62 bits per heavy atom. The van der Waals surface area contributed by atoms with Gasteiger partial charge in [0.1, 0.15) is 5.69 Å². The van der Waals surface area contributed by atoms with Crippen LogP contribution in [0.5, 0.6) is 0 Å². The zero-order chi connectivity index (χ0) is 31.4. The van der Waals surface area contributed by atoms with Gasteiger partial charge in [0.15, 0.2) is 11.6 Å². The van der Waals surface area contributed by atoms with Gasteiger partial charge in [-0.1, -0.05) is 85.8 Å². The summed E-state index contributed by atoms with van der Waals surface area (Å²) in [5.41, 5.74) is 7.74. The van der Waals surface area contributed by atoms with E-state index in [4.69, 9.17) is 15.0 Å². The normalized spacial score (nSPS) is 13.8. The molecule has 1 atom stereocenters. The number of aliphatic imine (C=N–C) groups is 2. The summed E-state index contributed by atoms with van der Waals surface area (Å²) >= 11 is 0. The van der Waals surface area contributed by atoms with Gasteiger partial charge in [-0.05, 0) is 60.0 Å². The Balaban J connectivity index is 0.00000196. The molecule has 3 aromatic heterocycles. The van der Waals surface area contributed by atoms with Crippen LogP contribution >= 0.6 is 0 Å². The maximum atomic E-state index is 4.97. The molecule has 222 valence electrons. The third-order valence-electron chi connectivity index (χ3n) is 7.06. The summed E-state index contributed by atoms with van der Waals surface area (Å²) in [6.45, 7) is 10.1. The topological polar surface area (TPSA) is 92.1 Å². The van der Waals surface area contributed by atoms with Crippen LogP contribution in [0, 0.1) is 0 Å². The van der Waals surface area contributed by atoms with Crippen LogP contribution in [0.3, 0.4) is 0 Å². The summed E-state index contributed by atoms with van der Waals surface area (Å²) in [6, 6.07) is 30.5. The maximum Gasteiger partial charge on any atom is 0.195 e. The monoisotopic (exact) mass is 589 g/mol. The number of allylic oxidation sites excluding steroid dienone is 4. The highest BCUT2D eigenvalue weighted by atomic mass is 15.2. The van der Waals surface area contributed by atoms with E-state index in [1.807, 2.05) is 86.0 Å². The van der Waals surface area contributed by atoms with Crippen molar-refractivity contribution in [3.05, 3.63) is 157 Å². The van der Waals surface area contributed by atoms with Crippen LogP contribution < -0.4 is 0 Å². The van der Waals surface area contributed by atoms with Gasteiger partial charge >= 0.3 is 0 Å². The van der Waals surface area contributed by atoms with Crippen LogP contribution in [0.25, 0.3) is 34.0 Å². The predicted molar refractivity (Wildman–Crippen MR) is 186 cm³/mol. The highest BCUT2D eigenvalue weighted by Crippen LogP contribution is 2.29. The molecule has 7 nitrogen and oxygen atoms in total. The Morgan fingerprint density at radius 3 is 2.38 bits per heavy atom. The van der Waals surface area contributed by atoms with Crippen LogP contribution in [-0.4, -0.2) is 37.1 Å². The average Bonchev–Trinajstić information content (AvgIpc) is 3.45. The summed E-state index contributed by atoms with van der Waals surface area (Å²) in [4.78, 5) is 23.9. The molecule has 5 aromatic rings. The molecular formula is C38H35N7. The van der Waals surface area contributed by atoms with E-state index in [9.17, 15) is 0 Å². The van der Waals surface area contributed by atoms with Crippen molar-refractivity contribution in [2.75, 3.05) is 0 Å². The fourth-order valence-corrected chi connectivity index (χ4v) is 4.78. The number of aromatic amines is 1. The molecule has 0 saturated heterocycles. The number of rotatable bonds is 8. The molecule has 4 heterocycles. The summed E-state index contributed by atoms with van der Waals surface area (Å²) in [7, 11) is 0. The molecule has 6 rings (SSSR count). The second-order valence-corrected chi connectivity index (χ2v) is 10.2. The number of hydrogen-bond acceptors (Lipinski definition) is 6. The van der Waals surface area contributed by atoms with Gasteiger partial charge in [0.2, 0.25) is 0 Å². The summed E-state index contributed by atoms with van der Waals surface area (Å²) < 4.78 is 0. The SMILES string of the molecule is C=C.CC(=N/C(=C\C(C)c1ccccc1)c1ccccn1)c1n[nH]c(-c2cc(-c3ccccc3)cc(C3=CC=CCC=N3)n2)n1. The first-order valence-electron chi connectivity index (χ1n) is 14.8. The van der Waals surface area contributed by atoms with Gasteiger partial charge in [-0.2, -0.15) is 5.10 Å². The number of benzene rings is 2. The largest absolute Gasteiger partial charge is 0.259 e. The van der Waals surface area contributed by atoms with Crippen LogP contribution in [0.15, 0.2) is 145 Å². The Hall–Kier alpha value is -5.82. The van der Waals surface area contributed by atoms with Crippen molar-refractivity contribution >= 4 is 23.3 Å². The van der Waals surface area contributed by atoms with Crippen molar-refractivity contribution in [2.45, 2.75) is 26.2 Å². The first-order chi connectivity index (χ1) is 22.1. The van der Waals surface area contributed by atoms with Gasteiger partial charge in [-0.3, -0.25) is 15.1 Å². The number of pyridine rings is 2. The summed E-state index contributed by atoms with van der Waals surface area (Å²) in [6.07, 6.45) is 12.6. The zero-order valence-corrected chi connectivity index (χ0v) is 25.5. The smallest absolute Gasteiger partial charge is 0.195 e. The highest BCUT2D eigenvalue weighted by Gasteiger charge is 2.15. The van der Waals surface area contributed by atoms with Gasteiger partial charge in [-0.25, -0.2) is 15.0 Å². The van der Waals surface area contributed by atoms with Crippen molar-refractivity contribution < 1.29 is 0 Å². The average molecular weight is 590 g/mol. The first-order valence-corrected chi connectivity index (χ1v) is 14.8. The molecule has 1 N–H and O–H groups in total. The molecule has 45 heavy (non-hydrogen) atoms. The molecule has 0 aliphatic carbocycles. The van der Waals surface area contributed by atoms with Gasteiger partial charge in [-0.15, -0.1) is 13.2 Å². The standard InChI is InChI=1S/C36H31N7.C2H4/c1-25(27-14-6-3-7-15-27)22-32(30-19-11-13-21-38-30)39-26(2)35-41-36(43-42-35)34-24-29(28-16-8-4-9-17-28)23-33(40-34)31-18-10-5-12-20-37-31;1-2/h3-11,13-25H,12H2,1-2H3,(H,41,42,43);1-2H2/b32-22-,39-26?;. The molecule has 1 unspecified atom stereocenters. The van der Waals surface area contributed by atoms with Crippen LogP contribution in [0.2, 0.25) is 0 Å². The second-order valence-electron chi connectivity index (χ2n) is 10.2. The number of nitrogens with one attached hydrogen (secondary N) is 1. The van der Waals surface area contributed by atoms with Crippen LogP contribution in [-0.2, 0) is 0 Å². The Bertz CT molecular complexity index is 1870. The predicted octanol–water partition coefficient (Wildman–Crippen LogP) is 8.76. The number of aromatic nitrogens is 5. The lowest BCUT2D eigenvalue weighted by Gasteiger charge is -2.10. The van der Waals surface area contributed by atoms with E-state index < -0.39 is 0 Å². The lowest BCUT2D eigenvalue weighted by atomic mass is 9.99. The fourth-order valence-electron chi connectivity index (χ4n) is 4.78. The van der Waals surface area contributed by atoms with E-state index in [-0.39, 0.29) is 5.92 Å². The zero-order valence-electron chi connectivity index (χ0n) is 25.5. The molecule has 1 aliphatic heterocycles. The molecule has 0 amide bonds. The molecule has 0 radical (unpaired) electrons. The van der Waals surface area contributed by atoms with Crippen molar-refractivity contribution in [1.82, 2.24) is 25.1 Å². The minimum absolute atomic E-state index is 0.136. The summed E-state index contributed by atoms with van der Waals surface area (Å²) in [5.74, 6) is 1.18. The quantitative estimate of drug-likeness (QED) is 0.145. The minimum atomic E-state index is 0.136. The minimum Gasteiger partial charge on any atom is -0.259 e. The number of nitrogens with zero attached hydrogens (tertiary/aromatic N) is 6. The summed E-state index contributed by atoms with van der Waals surface area (Å²) in [5, 5.41) is 7.62. The van der Waals surface area contributed by atoms with Gasteiger partial charge in [0.05, 0.1) is 28.5 Å². The Kier molecular flexibility index (Phi) is 10.3. The molecule has 2 aromatic carbocycles. The Morgan fingerprint density at radius 1 is 0.889 bits per heavy atom. The van der Waals surface area contributed by atoms with Gasteiger partial charge in [0.25, 0.3) is 0 Å². The van der Waals surface area contributed by atoms with Crippen molar-refractivity contribution in [1.29, 1.82) is 0 Å². The molecule has 1 aliphatic rings. The third-order valence-corrected chi connectivity index (χ3v) is 7.06. The lowest BCUT2D eigenvalue weighted by molar-refractivity contribution is 0.965. The first kappa shape index (κ1) is 30.6. The number of hydrogen-bond donors (Lipinski definition) is 1. The van der Waals surface area contributed by atoms with Crippen molar-refractivity contribution in [2.24, 2.45) is 9.98 Å². The van der Waals surface area contributed by atoms with Crippen molar-refractivity contribution in [3.63, 3.8) is 0 Å². The Labute approximate surface area is 264 Å². The van der Waals surface area contributed by atoms with E-state index >= 15 is 0 Å². The van der Waals surface area contributed by atoms with Crippen molar-refractivity contribution in [3.8, 4) is 22.6 Å². The molecule has 0 spiro atoms. The second kappa shape index (κ2) is 15.1. The fraction of sp³-hybridized carbons (Fsp3) is 0.105. The van der Waals surface area contributed by atoms with E-state index in [0.29, 0.717) is 23.1 Å². The van der Waals surface area contributed by atoms with E-state index in [0.717, 1.165) is 40.3 Å². The number of H-pyrrole nitrogens is 1. The molecule has 7 heteroatoms.